The van der Waals surface area contributed by atoms with Crippen LogP contribution in [-0.4, -0.2) is 39.9 Å². The molecule has 8 heteroatoms. The third-order valence-electron chi connectivity index (χ3n) is 5.52. The van der Waals surface area contributed by atoms with Gasteiger partial charge in [0.1, 0.15) is 6.04 Å². The Kier molecular flexibility index (Phi) is 4.02. The third kappa shape index (κ3) is 2.69. The van der Waals surface area contributed by atoms with E-state index < -0.39 is 17.8 Å². The molecule has 3 heterocycles. The van der Waals surface area contributed by atoms with E-state index in [4.69, 9.17) is 0 Å². The van der Waals surface area contributed by atoms with Crippen molar-refractivity contribution in [3.8, 4) is 0 Å². The number of hydrogen-bond donors (Lipinski definition) is 0. The van der Waals surface area contributed by atoms with Gasteiger partial charge in [-0.15, -0.1) is 11.8 Å². The average molecular weight is 384 g/mol. The molecule has 0 saturated carbocycles. The molecule has 0 aromatic heterocycles. The molecule has 140 valence electrons. The number of rotatable bonds is 1. The molecule has 3 aliphatic heterocycles. The summed E-state index contributed by atoms with van der Waals surface area (Å²) in [6.07, 6.45) is -2.09. The third-order valence-corrected chi connectivity index (χ3v) is 7.03. The number of alkyl halides is 3. The summed E-state index contributed by atoms with van der Waals surface area (Å²) in [4.78, 5) is 28.4. The molecule has 26 heavy (non-hydrogen) atoms. The van der Waals surface area contributed by atoms with Gasteiger partial charge < -0.3 is 9.80 Å². The number of benzene rings is 1. The normalized spacial score (nSPS) is 28.3. The summed E-state index contributed by atoms with van der Waals surface area (Å²) in [7, 11) is 0. The van der Waals surface area contributed by atoms with Crippen molar-refractivity contribution >= 4 is 29.3 Å². The van der Waals surface area contributed by atoms with Crippen molar-refractivity contribution in [3.63, 3.8) is 0 Å². The first kappa shape index (κ1) is 17.7. The standard InChI is InChI=1S/C18H19F3N2O2S/c1-17-7-6-15(24)23(17)14(10-26-17)16(25)22-8-2-3-11-9-12(18(19,20)21)4-5-13(11)22/h4-5,9,14H,2-3,6-8,10H2,1H3. The second-order valence-corrected chi connectivity index (χ2v) is 8.70. The van der Waals surface area contributed by atoms with Crippen LogP contribution in [0.2, 0.25) is 0 Å². The van der Waals surface area contributed by atoms with E-state index in [1.807, 2.05) is 6.92 Å². The maximum Gasteiger partial charge on any atom is 0.416 e. The van der Waals surface area contributed by atoms with Gasteiger partial charge in [-0.25, -0.2) is 0 Å². The number of halogens is 3. The van der Waals surface area contributed by atoms with Crippen molar-refractivity contribution < 1.29 is 22.8 Å². The van der Waals surface area contributed by atoms with Gasteiger partial charge in [0, 0.05) is 24.4 Å². The van der Waals surface area contributed by atoms with Crippen molar-refractivity contribution in [2.45, 2.75) is 49.7 Å². The molecular formula is C18H19F3N2O2S. The monoisotopic (exact) mass is 384 g/mol. The molecule has 2 fully saturated rings. The average Bonchev–Trinajstić information content (AvgIpc) is 3.09. The Morgan fingerprint density at radius 1 is 1.31 bits per heavy atom. The van der Waals surface area contributed by atoms with E-state index in [9.17, 15) is 22.8 Å². The quantitative estimate of drug-likeness (QED) is 0.745. The molecule has 0 N–H and O–H groups in total. The number of fused-ring (bicyclic) bond motifs is 2. The Hall–Kier alpha value is -1.70. The van der Waals surface area contributed by atoms with E-state index in [1.54, 1.807) is 21.6 Å². The Labute approximate surface area is 153 Å². The second-order valence-electron chi connectivity index (χ2n) is 7.20. The van der Waals surface area contributed by atoms with E-state index >= 15 is 0 Å². The van der Waals surface area contributed by atoms with Gasteiger partial charge in [0.05, 0.1) is 10.4 Å². The molecular weight excluding hydrogens is 365 g/mol. The smallest absolute Gasteiger partial charge is 0.315 e. The van der Waals surface area contributed by atoms with E-state index in [2.05, 4.69) is 0 Å². The van der Waals surface area contributed by atoms with E-state index in [1.165, 1.54) is 6.07 Å². The molecule has 4 nitrogen and oxygen atoms in total. The highest BCUT2D eigenvalue weighted by Crippen LogP contribution is 2.48. The Balaban J connectivity index is 1.64. The van der Waals surface area contributed by atoms with Crippen LogP contribution >= 0.6 is 11.8 Å². The second kappa shape index (κ2) is 5.90. The highest BCUT2D eigenvalue weighted by atomic mass is 32.2. The largest absolute Gasteiger partial charge is 0.416 e. The van der Waals surface area contributed by atoms with Crippen LogP contribution in [0, 0.1) is 0 Å². The zero-order valence-electron chi connectivity index (χ0n) is 14.3. The lowest BCUT2D eigenvalue weighted by Crippen LogP contribution is -2.52. The molecule has 0 spiro atoms. The molecule has 2 saturated heterocycles. The van der Waals surface area contributed by atoms with E-state index in [0.717, 1.165) is 18.6 Å². The Morgan fingerprint density at radius 2 is 2.08 bits per heavy atom. The number of carbonyl (C=O) groups is 2. The minimum Gasteiger partial charge on any atom is -0.315 e. The van der Waals surface area contributed by atoms with Gasteiger partial charge in [0.25, 0.3) is 5.91 Å². The fraction of sp³-hybridized carbons (Fsp3) is 0.556. The molecule has 2 amide bonds. The molecule has 4 rings (SSSR count). The highest BCUT2D eigenvalue weighted by Gasteiger charge is 2.53. The van der Waals surface area contributed by atoms with Gasteiger partial charge >= 0.3 is 6.18 Å². The number of aryl methyl sites for hydroxylation is 1. The predicted molar refractivity (Wildman–Crippen MR) is 92.8 cm³/mol. The summed E-state index contributed by atoms with van der Waals surface area (Å²) in [5.41, 5.74) is 0.393. The van der Waals surface area contributed by atoms with Gasteiger partial charge in [-0.1, -0.05) is 0 Å². The van der Waals surface area contributed by atoms with Crippen molar-refractivity contribution in [3.05, 3.63) is 29.3 Å². The van der Waals surface area contributed by atoms with Crippen molar-refractivity contribution in [2.24, 2.45) is 0 Å². The fourth-order valence-corrected chi connectivity index (χ4v) is 5.61. The van der Waals surface area contributed by atoms with Crippen molar-refractivity contribution in [1.29, 1.82) is 0 Å². The zero-order chi connectivity index (χ0) is 18.7. The Morgan fingerprint density at radius 3 is 2.81 bits per heavy atom. The lowest BCUT2D eigenvalue weighted by molar-refractivity contribution is -0.137. The van der Waals surface area contributed by atoms with Crippen molar-refractivity contribution in [1.82, 2.24) is 4.90 Å². The van der Waals surface area contributed by atoms with E-state index in [0.29, 0.717) is 42.8 Å². The minimum atomic E-state index is -4.40. The first-order valence-corrected chi connectivity index (χ1v) is 9.67. The summed E-state index contributed by atoms with van der Waals surface area (Å²) in [5, 5.41) is 0. The first-order chi connectivity index (χ1) is 12.2. The summed E-state index contributed by atoms with van der Waals surface area (Å²) < 4.78 is 38.9. The molecule has 0 radical (unpaired) electrons. The lowest BCUT2D eigenvalue weighted by atomic mass is 9.98. The topological polar surface area (TPSA) is 40.6 Å². The van der Waals surface area contributed by atoms with Crippen LogP contribution in [0.15, 0.2) is 18.2 Å². The minimum absolute atomic E-state index is 0.0134. The maximum absolute atomic E-state index is 13.2. The molecule has 0 aliphatic carbocycles. The molecule has 0 bridgehead atoms. The van der Waals surface area contributed by atoms with Crippen molar-refractivity contribution in [2.75, 3.05) is 17.2 Å². The summed E-state index contributed by atoms with van der Waals surface area (Å²) in [6.45, 7) is 2.45. The van der Waals surface area contributed by atoms with E-state index in [-0.39, 0.29) is 16.7 Å². The van der Waals surface area contributed by atoms with Crippen LogP contribution in [0.5, 0.6) is 0 Å². The number of carbonyl (C=O) groups excluding carboxylic acids is 2. The highest BCUT2D eigenvalue weighted by molar-refractivity contribution is 8.01. The summed E-state index contributed by atoms with van der Waals surface area (Å²) in [6, 6.07) is 3.03. The van der Waals surface area contributed by atoms with Gasteiger partial charge in [0.15, 0.2) is 0 Å². The van der Waals surface area contributed by atoms with Crippen LogP contribution < -0.4 is 4.90 Å². The summed E-state index contributed by atoms with van der Waals surface area (Å²) in [5.74, 6) is 0.339. The van der Waals surface area contributed by atoms with Crippen LogP contribution in [0.4, 0.5) is 18.9 Å². The number of anilines is 1. The number of nitrogens with zero attached hydrogens (tertiary/aromatic N) is 2. The first-order valence-electron chi connectivity index (χ1n) is 8.68. The predicted octanol–water partition coefficient (Wildman–Crippen LogP) is 3.44. The molecule has 1 aromatic rings. The van der Waals surface area contributed by atoms with Gasteiger partial charge in [-0.05, 0) is 49.9 Å². The van der Waals surface area contributed by atoms with Gasteiger partial charge in [-0.2, -0.15) is 13.2 Å². The number of thioether (sulfide) groups is 1. The number of amides is 2. The zero-order valence-corrected chi connectivity index (χ0v) is 15.1. The SMILES string of the molecule is CC12CCC(=O)N1C(C(=O)N1CCCc3cc(C(F)(F)F)ccc31)CS2. The maximum atomic E-state index is 13.2. The molecule has 1 aromatic carbocycles. The van der Waals surface area contributed by atoms with Crippen LogP contribution in [0.1, 0.15) is 37.3 Å². The van der Waals surface area contributed by atoms with Crippen LogP contribution in [-0.2, 0) is 22.2 Å². The molecule has 2 atom stereocenters. The lowest BCUT2D eigenvalue weighted by Gasteiger charge is -2.35. The fourth-order valence-electron chi connectivity index (χ4n) is 4.19. The van der Waals surface area contributed by atoms with Crippen LogP contribution in [0.3, 0.4) is 0 Å². The molecule has 3 aliphatic rings. The van der Waals surface area contributed by atoms with Gasteiger partial charge in [0.2, 0.25) is 5.91 Å². The molecule has 2 unspecified atom stereocenters. The Bertz CT molecular complexity index is 782. The van der Waals surface area contributed by atoms with Gasteiger partial charge in [-0.3, -0.25) is 9.59 Å². The van der Waals surface area contributed by atoms with Crippen LogP contribution in [0.25, 0.3) is 0 Å². The summed E-state index contributed by atoms with van der Waals surface area (Å²) >= 11 is 1.62. The number of hydrogen-bond acceptors (Lipinski definition) is 3.